The summed E-state index contributed by atoms with van der Waals surface area (Å²) >= 11 is 0. The molecule has 2 rings (SSSR count). The second kappa shape index (κ2) is 4.19. The number of carboxylic acid groups (broad SMARTS) is 1. The summed E-state index contributed by atoms with van der Waals surface area (Å²) in [6.45, 7) is 0. The van der Waals surface area contributed by atoms with Crippen LogP contribution in [0.4, 0.5) is 13.2 Å². The van der Waals surface area contributed by atoms with Crippen LogP contribution in [0.1, 0.15) is 23.5 Å². The van der Waals surface area contributed by atoms with Gasteiger partial charge in [0, 0.05) is 0 Å². The van der Waals surface area contributed by atoms with Crippen molar-refractivity contribution in [3.05, 3.63) is 29.3 Å². The van der Waals surface area contributed by atoms with Crippen molar-refractivity contribution in [1.82, 2.24) is 0 Å². The molecule has 0 amide bonds. The first kappa shape index (κ1) is 12.7. The van der Waals surface area contributed by atoms with Crippen molar-refractivity contribution in [2.24, 2.45) is 5.92 Å². The molecule has 3 nitrogen and oxygen atoms in total. The zero-order chi connectivity index (χ0) is 13.5. The van der Waals surface area contributed by atoms with E-state index >= 15 is 0 Å². The number of alkyl halides is 3. The lowest BCUT2D eigenvalue weighted by Gasteiger charge is -2.14. The van der Waals surface area contributed by atoms with Gasteiger partial charge in [-0.3, -0.25) is 4.79 Å². The largest absolute Gasteiger partial charge is 0.497 e. The van der Waals surface area contributed by atoms with Gasteiger partial charge in [0.2, 0.25) is 0 Å². The number of hydrogen-bond acceptors (Lipinski definition) is 2. The molecule has 1 N–H and O–H groups in total. The SMILES string of the molecule is COc1ccc(C2CC2C(=O)O)c(C(F)(F)F)c1. The maximum atomic E-state index is 12.9. The molecule has 98 valence electrons. The summed E-state index contributed by atoms with van der Waals surface area (Å²) in [4.78, 5) is 10.7. The highest BCUT2D eigenvalue weighted by atomic mass is 19.4. The molecule has 0 aliphatic heterocycles. The van der Waals surface area contributed by atoms with Crippen LogP contribution in [0.3, 0.4) is 0 Å². The molecule has 18 heavy (non-hydrogen) atoms. The van der Waals surface area contributed by atoms with Crippen molar-refractivity contribution in [2.45, 2.75) is 18.5 Å². The normalized spacial score (nSPS) is 22.7. The first-order valence-electron chi connectivity index (χ1n) is 5.32. The standard InChI is InChI=1S/C12H11F3O3/c1-18-6-2-3-7(8-5-9(8)11(16)17)10(4-6)12(13,14)15/h2-4,8-9H,5H2,1H3,(H,16,17). The first-order valence-corrected chi connectivity index (χ1v) is 5.32. The van der Waals surface area contributed by atoms with E-state index in [9.17, 15) is 18.0 Å². The van der Waals surface area contributed by atoms with Crippen LogP contribution in [0, 0.1) is 5.92 Å². The summed E-state index contributed by atoms with van der Waals surface area (Å²) < 4.78 is 43.4. The number of aliphatic carboxylic acids is 1. The minimum atomic E-state index is -4.50. The van der Waals surface area contributed by atoms with Gasteiger partial charge >= 0.3 is 12.1 Å². The van der Waals surface area contributed by atoms with Crippen LogP contribution in [0.15, 0.2) is 18.2 Å². The second-order valence-corrected chi connectivity index (χ2v) is 4.24. The summed E-state index contributed by atoms with van der Waals surface area (Å²) in [7, 11) is 1.28. The Balaban J connectivity index is 2.39. The highest BCUT2D eigenvalue weighted by molar-refractivity contribution is 5.75. The third-order valence-electron chi connectivity index (χ3n) is 3.07. The minimum Gasteiger partial charge on any atom is -0.497 e. The van der Waals surface area contributed by atoms with Crippen molar-refractivity contribution in [2.75, 3.05) is 7.11 Å². The van der Waals surface area contributed by atoms with Crippen molar-refractivity contribution < 1.29 is 27.8 Å². The smallest absolute Gasteiger partial charge is 0.416 e. The van der Waals surface area contributed by atoms with Gasteiger partial charge in [0.25, 0.3) is 0 Å². The summed E-state index contributed by atoms with van der Waals surface area (Å²) in [5.41, 5.74) is -0.772. The van der Waals surface area contributed by atoms with E-state index in [2.05, 4.69) is 0 Å². The van der Waals surface area contributed by atoms with E-state index in [4.69, 9.17) is 9.84 Å². The number of halogens is 3. The van der Waals surface area contributed by atoms with Gasteiger partial charge in [-0.25, -0.2) is 0 Å². The van der Waals surface area contributed by atoms with E-state index in [0.29, 0.717) is 0 Å². The predicted octanol–water partition coefficient (Wildman–Crippen LogP) is 2.90. The molecule has 0 aromatic heterocycles. The van der Waals surface area contributed by atoms with E-state index in [-0.39, 0.29) is 17.7 Å². The fourth-order valence-corrected chi connectivity index (χ4v) is 2.04. The van der Waals surface area contributed by atoms with Crippen LogP contribution in [0.2, 0.25) is 0 Å². The number of ether oxygens (including phenoxy) is 1. The average molecular weight is 260 g/mol. The van der Waals surface area contributed by atoms with Crippen LogP contribution in [0.25, 0.3) is 0 Å². The van der Waals surface area contributed by atoms with Gasteiger partial charge in [0.1, 0.15) is 5.75 Å². The molecule has 0 saturated heterocycles. The van der Waals surface area contributed by atoms with E-state index in [1.807, 2.05) is 0 Å². The van der Waals surface area contributed by atoms with Crippen LogP contribution in [-0.4, -0.2) is 18.2 Å². The lowest BCUT2D eigenvalue weighted by atomic mass is 10.0. The van der Waals surface area contributed by atoms with Crippen LogP contribution in [0.5, 0.6) is 5.75 Å². The lowest BCUT2D eigenvalue weighted by molar-refractivity contribution is -0.140. The Morgan fingerprint density at radius 2 is 2.11 bits per heavy atom. The average Bonchev–Trinajstić information content (AvgIpc) is 3.07. The van der Waals surface area contributed by atoms with Gasteiger partial charge in [0.15, 0.2) is 0 Å². The number of carboxylic acids is 1. The summed E-state index contributed by atoms with van der Waals surface area (Å²) in [6, 6.07) is 3.63. The molecule has 1 fully saturated rings. The summed E-state index contributed by atoms with van der Waals surface area (Å²) in [5, 5.41) is 8.77. The molecule has 1 aromatic rings. The molecule has 1 saturated carbocycles. The van der Waals surface area contributed by atoms with Gasteiger partial charge in [-0.15, -0.1) is 0 Å². The van der Waals surface area contributed by atoms with Crippen molar-refractivity contribution in [1.29, 1.82) is 0 Å². The van der Waals surface area contributed by atoms with Crippen LogP contribution < -0.4 is 4.74 Å². The van der Waals surface area contributed by atoms with Crippen LogP contribution >= 0.6 is 0 Å². The van der Waals surface area contributed by atoms with Crippen molar-refractivity contribution in [3.8, 4) is 5.75 Å². The quantitative estimate of drug-likeness (QED) is 0.908. The summed E-state index contributed by atoms with van der Waals surface area (Å²) in [5.74, 6) is -2.20. The molecule has 0 radical (unpaired) electrons. The van der Waals surface area contributed by atoms with Crippen molar-refractivity contribution >= 4 is 5.97 Å². The van der Waals surface area contributed by atoms with E-state index < -0.39 is 29.5 Å². The molecule has 1 aromatic carbocycles. The second-order valence-electron chi connectivity index (χ2n) is 4.24. The number of rotatable bonds is 3. The van der Waals surface area contributed by atoms with Gasteiger partial charge in [-0.1, -0.05) is 6.07 Å². The summed E-state index contributed by atoms with van der Waals surface area (Å²) in [6.07, 6.45) is -4.25. The first-order chi connectivity index (χ1) is 8.34. The number of hydrogen-bond donors (Lipinski definition) is 1. The minimum absolute atomic E-state index is 0.0377. The third-order valence-corrected chi connectivity index (χ3v) is 3.07. The highest BCUT2D eigenvalue weighted by Crippen LogP contribution is 2.51. The molecule has 1 aliphatic rings. The van der Waals surface area contributed by atoms with Gasteiger partial charge in [-0.2, -0.15) is 13.2 Å². The topological polar surface area (TPSA) is 46.5 Å². The molecule has 0 bridgehead atoms. The van der Waals surface area contributed by atoms with E-state index in [0.717, 1.165) is 6.07 Å². The molecule has 2 atom stereocenters. The number of carbonyl (C=O) groups is 1. The maximum Gasteiger partial charge on any atom is 0.416 e. The molecule has 0 spiro atoms. The zero-order valence-electron chi connectivity index (χ0n) is 9.49. The fourth-order valence-electron chi connectivity index (χ4n) is 2.04. The number of methoxy groups -OCH3 is 1. The predicted molar refractivity (Wildman–Crippen MR) is 56.5 cm³/mol. The van der Waals surface area contributed by atoms with Gasteiger partial charge in [-0.05, 0) is 30.0 Å². The fraction of sp³-hybridized carbons (Fsp3) is 0.417. The number of benzene rings is 1. The van der Waals surface area contributed by atoms with Crippen LogP contribution in [-0.2, 0) is 11.0 Å². The Morgan fingerprint density at radius 1 is 1.44 bits per heavy atom. The van der Waals surface area contributed by atoms with Gasteiger partial charge < -0.3 is 9.84 Å². The molecular weight excluding hydrogens is 249 g/mol. The Hall–Kier alpha value is -1.72. The Bertz CT molecular complexity index is 482. The molecule has 6 heteroatoms. The monoisotopic (exact) mass is 260 g/mol. The maximum absolute atomic E-state index is 12.9. The molecular formula is C12H11F3O3. The van der Waals surface area contributed by atoms with E-state index in [1.165, 1.54) is 19.2 Å². The Morgan fingerprint density at radius 3 is 2.56 bits per heavy atom. The van der Waals surface area contributed by atoms with Crippen molar-refractivity contribution in [3.63, 3.8) is 0 Å². The van der Waals surface area contributed by atoms with Gasteiger partial charge in [0.05, 0.1) is 18.6 Å². The lowest BCUT2D eigenvalue weighted by Crippen LogP contribution is -2.10. The third kappa shape index (κ3) is 2.27. The Kier molecular flexibility index (Phi) is 2.96. The highest BCUT2D eigenvalue weighted by Gasteiger charge is 2.48. The molecule has 2 unspecified atom stereocenters. The zero-order valence-corrected chi connectivity index (χ0v) is 9.49. The van der Waals surface area contributed by atoms with E-state index in [1.54, 1.807) is 0 Å². The molecule has 0 heterocycles. The molecule has 1 aliphatic carbocycles. The Labute approximate surface area is 101 Å².